The average Bonchev–Trinajstić information content (AvgIpc) is 2.60. The Balaban J connectivity index is 1.64. The highest BCUT2D eigenvalue weighted by molar-refractivity contribution is 7.99. The van der Waals surface area contributed by atoms with Crippen molar-refractivity contribution < 1.29 is 0 Å². The second-order valence-corrected chi connectivity index (χ2v) is 7.69. The number of nitrogens with one attached hydrogen (secondary N) is 2. The van der Waals surface area contributed by atoms with Crippen molar-refractivity contribution in [2.24, 2.45) is 5.92 Å². The molecule has 3 rings (SSSR count). The van der Waals surface area contributed by atoms with Crippen LogP contribution in [0.5, 0.6) is 0 Å². The van der Waals surface area contributed by atoms with E-state index in [9.17, 15) is 0 Å². The van der Waals surface area contributed by atoms with E-state index in [1.165, 1.54) is 24.6 Å². The number of nitrogens with zero attached hydrogens (tertiary/aromatic N) is 2. The largest absolute Gasteiger partial charge is 0.369 e. The Labute approximate surface area is 156 Å². The fraction of sp³-hybridized carbons (Fsp3) is 0.412. The number of hydrogen-bond donors (Lipinski definition) is 2. The molecule has 1 aromatic heterocycles. The first kappa shape index (κ1) is 17.8. The predicted molar refractivity (Wildman–Crippen MR) is 101 cm³/mol. The second kappa shape index (κ2) is 8.39. The van der Waals surface area contributed by atoms with Crippen LogP contribution in [0.2, 0.25) is 10.0 Å². The minimum absolute atomic E-state index is 0.549. The molecule has 0 bridgehead atoms. The van der Waals surface area contributed by atoms with Gasteiger partial charge in [-0.2, -0.15) is 0 Å². The molecule has 4 nitrogen and oxygen atoms in total. The molecular weight excluding hydrogens is 363 g/mol. The van der Waals surface area contributed by atoms with Gasteiger partial charge in [0.2, 0.25) is 0 Å². The van der Waals surface area contributed by atoms with Crippen LogP contribution in [0.3, 0.4) is 0 Å². The zero-order valence-corrected chi connectivity index (χ0v) is 15.8. The Morgan fingerprint density at radius 2 is 2.08 bits per heavy atom. The lowest BCUT2D eigenvalue weighted by atomic mass is 9.98. The van der Waals surface area contributed by atoms with Gasteiger partial charge in [-0.3, -0.25) is 0 Å². The van der Waals surface area contributed by atoms with Gasteiger partial charge in [0.1, 0.15) is 10.8 Å². The van der Waals surface area contributed by atoms with Crippen molar-refractivity contribution in [3.8, 4) is 0 Å². The number of rotatable bonds is 5. The summed E-state index contributed by atoms with van der Waals surface area (Å²) in [6, 6.07) is 5.60. The molecule has 0 amide bonds. The quantitative estimate of drug-likeness (QED) is 0.787. The van der Waals surface area contributed by atoms with Crippen molar-refractivity contribution in [1.29, 1.82) is 0 Å². The highest BCUT2D eigenvalue weighted by Gasteiger charge is 2.14. The number of benzene rings is 1. The Morgan fingerprint density at radius 1 is 1.29 bits per heavy atom. The van der Waals surface area contributed by atoms with Crippen molar-refractivity contribution in [1.82, 2.24) is 15.3 Å². The SMILES string of the molecule is Cc1nc(NCC2CCNCC2)cnc1Sc1cccc(Cl)c1Cl. The van der Waals surface area contributed by atoms with Gasteiger partial charge >= 0.3 is 0 Å². The van der Waals surface area contributed by atoms with Crippen LogP contribution in [0.4, 0.5) is 5.82 Å². The summed E-state index contributed by atoms with van der Waals surface area (Å²) in [7, 11) is 0. The van der Waals surface area contributed by atoms with Gasteiger partial charge in [0.05, 0.1) is 21.9 Å². The summed E-state index contributed by atoms with van der Waals surface area (Å²) < 4.78 is 0. The minimum atomic E-state index is 0.549. The fourth-order valence-corrected chi connectivity index (χ4v) is 3.98. The van der Waals surface area contributed by atoms with Gasteiger partial charge in [0, 0.05) is 11.4 Å². The monoisotopic (exact) mass is 382 g/mol. The molecule has 0 atom stereocenters. The normalized spacial score (nSPS) is 15.5. The van der Waals surface area contributed by atoms with E-state index in [1.54, 1.807) is 12.3 Å². The maximum Gasteiger partial charge on any atom is 0.144 e. The Morgan fingerprint density at radius 3 is 2.83 bits per heavy atom. The third-order valence-electron chi connectivity index (χ3n) is 4.06. The number of aromatic nitrogens is 2. The van der Waals surface area contributed by atoms with Crippen molar-refractivity contribution in [3.63, 3.8) is 0 Å². The lowest BCUT2D eigenvalue weighted by molar-refractivity contribution is 0.389. The van der Waals surface area contributed by atoms with Gasteiger partial charge in [-0.25, -0.2) is 9.97 Å². The summed E-state index contributed by atoms with van der Waals surface area (Å²) in [4.78, 5) is 10.0. The van der Waals surface area contributed by atoms with Crippen LogP contribution in [0, 0.1) is 12.8 Å². The topological polar surface area (TPSA) is 49.8 Å². The van der Waals surface area contributed by atoms with Gasteiger partial charge in [0.15, 0.2) is 0 Å². The summed E-state index contributed by atoms with van der Waals surface area (Å²) in [5.41, 5.74) is 0.881. The smallest absolute Gasteiger partial charge is 0.144 e. The van der Waals surface area contributed by atoms with E-state index in [0.29, 0.717) is 16.0 Å². The van der Waals surface area contributed by atoms with Crippen LogP contribution >= 0.6 is 35.0 Å². The molecule has 2 aromatic rings. The number of anilines is 1. The molecule has 1 aliphatic rings. The second-order valence-electron chi connectivity index (χ2n) is 5.87. The number of hydrogen-bond acceptors (Lipinski definition) is 5. The molecule has 0 radical (unpaired) electrons. The van der Waals surface area contributed by atoms with Gasteiger partial charge in [-0.1, -0.05) is 41.0 Å². The lowest BCUT2D eigenvalue weighted by Crippen LogP contribution is -2.31. The van der Waals surface area contributed by atoms with Crippen LogP contribution in [-0.2, 0) is 0 Å². The molecule has 24 heavy (non-hydrogen) atoms. The van der Waals surface area contributed by atoms with E-state index in [2.05, 4.69) is 20.6 Å². The first-order valence-corrected chi connectivity index (χ1v) is 9.61. The van der Waals surface area contributed by atoms with Crippen LogP contribution in [0.25, 0.3) is 0 Å². The van der Waals surface area contributed by atoms with Gasteiger partial charge in [-0.05, 0) is 50.9 Å². The minimum Gasteiger partial charge on any atom is -0.369 e. The first-order chi connectivity index (χ1) is 11.6. The fourth-order valence-electron chi connectivity index (χ4n) is 2.66. The van der Waals surface area contributed by atoms with E-state index in [1.807, 2.05) is 19.1 Å². The molecule has 1 aliphatic heterocycles. The van der Waals surface area contributed by atoms with Crippen LogP contribution in [0.1, 0.15) is 18.5 Å². The third kappa shape index (κ3) is 4.54. The molecule has 1 aromatic carbocycles. The number of halogens is 2. The zero-order chi connectivity index (χ0) is 16.9. The van der Waals surface area contributed by atoms with Crippen LogP contribution < -0.4 is 10.6 Å². The van der Waals surface area contributed by atoms with Gasteiger partial charge in [0.25, 0.3) is 0 Å². The molecule has 0 aliphatic carbocycles. The summed E-state index contributed by atoms with van der Waals surface area (Å²) in [5.74, 6) is 1.53. The molecule has 0 unspecified atom stereocenters. The standard InChI is InChI=1S/C17H20Cl2N4S/c1-11-17(24-14-4-2-3-13(18)16(14)19)22-10-15(23-11)21-9-12-5-7-20-8-6-12/h2-4,10,12,20H,5-9H2,1H3,(H,21,23). The Hall–Kier alpha value is -1.01. The Kier molecular flexibility index (Phi) is 6.22. The van der Waals surface area contributed by atoms with E-state index >= 15 is 0 Å². The van der Waals surface area contributed by atoms with Crippen LogP contribution in [0.15, 0.2) is 34.3 Å². The molecule has 1 saturated heterocycles. The highest BCUT2D eigenvalue weighted by atomic mass is 35.5. The van der Waals surface area contributed by atoms with E-state index in [0.717, 1.165) is 41.1 Å². The molecule has 128 valence electrons. The predicted octanol–water partition coefficient (Wildman–Crippen LogP) is 4.65. The summed E-state index contributed by atoms with van der Waals surface area (Å²) in [6.07, 6.45) is 4.20. The van der Waals surface area contributed by atoms with Crippen molar-refractivity contribution >= 4 is 40.8 Å². The van der Waals surface area contributed by atoms with Gasteiger partial charge in [-0.15, -0.1) is 0 Å². The third-order valence-corrected chi connectivity index (χ3v) is 6.14. The van der Waals surface area contributed by atoms with E-state index in [4.69, 9.17) is 23.2 Å². The summed E-state index contributed by atoms with van der Waals surface area (Å²) in [6.45, 7) is 5.12. The highest BCUT2D eigenvalue weighted by Crippen LogP contribution is 2.37. The maximum absolute atomic E-state index is 6.24. The lowest BCUT2D eigenvalue weighted by Gasteiger charge is -2.23. The molecule has 0 saturated carbocycles. The first-order valence-electron chi connectivity index (χ1n) is 8.03. The van der Waals surface area contributed by atoms with Crippen LogP contribution in [-0.4, -0.2) is 29.6 Å². The molecular formula is C17H20Cl2N4S. The van der Waals surface area contributed by atoms with Crippen molar-refractivity contribution in [2.45, 2.75) is 29.7 Å². The molecule has 0 spiro atoms. The average molecular weight is 383 g/mol. The van der Waals surface area contributed by atoms with Crippen molar-refractivity contribution in [2.75, 3.05) is 25.0 Å². The number of piperidine rings is 1. The van der Waals surface area contributed by atoms with E-state index in [-0.39, 0.29) is 0 Å². The summed E-state index contributed by atoms with van der Waals surface area (Å²) in [5, 5.41) is 8.73. The molecule has 7 heteroatoms. The van der Waals surface area contributed by atoms with Gasteiger partial charge < -0.3 is 10.6 Å². The number of aryl methyl sites for hydroxylation is 1. The maximum atomic E-state index is 6.24. The van der Waals surface area contributed by atoms with E-state index < -0.39 is 0 Å². The molecule has 2 heterocycles. The summed E-state index contributed by atoms with van der Waals surface area (Å²) >= 11 is 13.8. The Bertz CT molecular complexity index is 705. The van der Waals surface area contributed by atoms with Crippen molar-refractivity contribution in [3.05, 3.63) is 40.1 Å². The molecule has 2 N–H and O–H groups in total. The molecule has 1 fully saturated rings. The zero-order valence-electron chi connectivity index (χ0n) is 13.5.